The first-order valence-corrected chi connectivity index (χ1v) is 10.3. The number of aryl methyl sites for hydroxylation is 2. The number of allylic oxidation sites excluding steroid dienone is 1. The molecule has 0 radical (unpaired) electrons. The second-order valence-electron chi connectivity index (χ2n) is 8.08. The normalized spacial score (nSPS) is 27.3. The lowest BCUT2D eigenvalue weighted by molar-refractivity contribution is -0.160. The Labute approximate surface area is 163 Å². The minimum absolute atomic E-state index is 0.137. The fourth-order valence-corrected chi connectivity index (χ4v) is 4.82. The maximum atomic E-state index is 13.1. The Bertz CT molecular complexity index is 820. The number of rotatable bonds is 4. The molecule has 0 bridgehead atoms. The highest BCUT2D eigenvalue weighted by Crippen LogP contribution is 2.31. The first kappa shape index (κ1) is 19.9. The SMILES string of the molecule is C=CC(C)=c1c(CCC(=O)N2CC(C)OC3CCCCC32)cn(C)c1=CC. The van der Waals surface area contributed by atoms with Crippen LogP contribution in [0.4, 0.5) is 0 Å². The van der Waals surface area contributed by atoms with Crippen LogP contribution in [0.1, 0.15) is 58.4 Å². The van der Waals surface area contributed by atoms with E-state index in [4.69, 9.17) is 4.74 Å². The van der Waals surface area contributed by atoms with Crippen molar-refractivity contribution in [2.45, 2.75) is 77.5 Å². The van der Waals surface area contributed by atoms with Crippen LogP contribution in [0, 0.1) is 0 Å². The summed E-state index contributed by atoms with van der Waals surface area (Å²) in [5.41, 5.74) is 2.40. The summed E-state index contributed by atoms with van der Waals surface area (Å²) in [6.07, 6.45) is 12.5. The highest BCUT2D eigenvalue weighted by atomic mass is 16.5. The maximum Gasteiger partial charge on any atom is 0.223 e. The summed E-state index contributed by atoms with van der Waals surface area (Å²) in [7, 11) is 2.07. The fraction of sp³-hybridized carbons (Fsp3) is 0.609. The summed E-state index contributed by atoms with van der Waals surface area (Å²) in [6.45, 7) is 10.9. The Kier molecular flexibility index (Phi) is 6.25. The molecule has 4 nitrogen and oxygen atoms in total. The third kappa shape index (κ3) is 4.06. The standard InChI is InChI=1S/C23H34N2O2/c1-6-16(3)23-18(15-24(5)19(23)7-2)12-13-22(26)25-14-17(4)27-21-11-9-8-10-20(21)25/h6-7,15,17,20-21H,1,8-14H2,2-5H3. The lowest BCUT2D eigenvalue weighted by Crippen LogP contribution is -2.57. The van der Waals surface area contributed by atoms with Gasteiger partial charge in [-0.1, -0.05) is 31.6 Å². The van der Waals surface area contributed by atoms with Crippen LogP contribution in [0.3, 0.4) is 0 Å². The molecule has 3 rings (SSSR count). The predicted octanol–water partition coefficient (Wildman–Crippen LogP) is 2.67. The van der Waals surface area contributed by atoms with Crippen LogP contribution in [0.2, 0.25) is 0 Å². The molecule has 3 atom stereocenters. The lowest BCUT2D eigenvalue weighted by Gasteiger charge is -2.46. The molecule has 1 aliphatic heterocycles. The fourth-order valence-electron chi connectivity index (χ4n) is 4.82. The van der Waals surface area contributed by atoms with Crippen molar-refractivity contribution in [3.05, 3.63) is 35.0 Å². The van der Waals surface area contributed by atoms with E-state index in [9.17, 15) is 4.79 Å². The number of carbonyl (C=O) groups is 1. The average molecular weight is 371 g/mol. The molecule has 148 valence electrons. The van der Waals surface area contributed by atoms with E-state index < -0.39 is 0 Å². The minimum Gasteiger partial charge on any atom is -0.371 e. The summed E-state index contributed by atoms with van der Waals surface area (Å²) in [4.78, 5) is 15.2. The number of carbonyl (C=O) groups excluding carboxylic acids is 1. The van der Waals surface area contributed by atoms with Crippen LogP contribution in [-0.2, 0) is 23.0 Å². The first-order valence-electron chi connectivity index (χ1n) is 10.3. The van der Waals surface area contributed by atoms with Crippen LogP contribution in [0.5, 0.6) is 0 Å². The molecule has 1 aliphatic carbocycles. The molecule has 1 aromatic heterocycles. The van der Waals surface area contributed by atoms with Gasteiger partial charge in [0.25, 0.3) is 0 Å². The Morgan fingerprint density at radius 1 is 1.37 bits per heavy atom. The quantitative estimate of drug-likeness (QED) is 0.817. The monoisotopic (exact) mass is 370 g/mol. The van der Waals surface area contributed by atoms with Gasteiger partial charge in [0.1, 0.15) is 0 Å². The molecule has 3 unspecified atom stereocenters. The number of nitrogens with zero attached hydrogens (tertiary/aromatic N) is 2. The van der Waals surface area contributed by atoms with E-state index in [0.717, 1.165) is 25.8 Å². The molecule has 0 N–H and O–H groups in total. The molecule has 27 heavy (non-hydrogen) atoms. The van der Waals surface area contributed by atoms with Crippen molar-refractivity contribution < 1.29 is 9.53 Å². The van der Waals surface area contributed by atoms with E-state index in [0.29, 0.717) is 6.42 Å². The van der Waals surface area contributed by atoms with Crippen molar-refractivity contribution >= 4 is 17.6 Å². The summed E-state index contributed by atoms with van der Waals surface area (Å²) in [5, 5.41) is 2.43. The molecule has 2 fully saturated rings. The molecule has 4 heteroatoms. The molecular weight excluding hydrogens is 336 g/mol. The number of fused-ring (bicyclic) bond motifs is 1. The molecule has 1 aromatic rings. The van der Waals surface area contributed by atoms with Crippen LogP contribution >= 0.6 is 0 Å². The van der Waals surface area contributed by atoms with Gasteiger partial charge in [0.2, 0.25) is 5.91 Å². The Morgan fingerprint density at radius 2 is 2.11 bits per heavy atom. The van der Waals surface area contributed by atoms with E-state index in [1.807, 2.05) is 6.08 Å². The maximum absolute atomic E-state index is 13.1. The van der Waals surface area contributed by atoms with Crippen molar-refractivity contribution in [1.29, 1.82) is 0 Å². The van der Waals surface area contributed by atoms with E-state index >= 15 is 0 Å². The third-order valence-corrected chi connectivity index (χ3v) is 6.14. The smallest absolute Gasteiger partial charge is 0.223 e. The van der Waals surface area contributed by atoms with Gasteiger partial charge in [-0.15, -0.1) is 0 Å². The molecule has 2 heterocycles. The summed E-state index contributed by atoms with van der Waals surface area (Å²) >= 11 is 0. The summed E-state index contributed by atoms with van der Waals surface area (Å²) < 4.78 is 8.27. The molecular formula is C23H34N2O2. The Balaban J connectivity index is 1.79. The third-order valence-electron chi connectivity index (χ3n) is 6.14. The zero-order valence-electron chi connectivity index (χ0n) is 17.3. The number of amides is 1. The molecule has 0 aromatic carbocycles. The van der Waals surface area contributed by atoms with Gasteiger partial charge in [-0.25, -0.2) is 0 Å². The number of aromatic nitrogens is 1. The summed E-state index contributed by atoms with van der Waals surface area (Å²) in [6, 6.07) is 0.277. The highest BCUT2D eigenvalue weighted by Gasteiger charge is 2.38. The van der Waals surface area contributed by atoms with Crippen molar-refractivity contribution in [1.82, 2.24) is 9.47 Å². The van der Waals surface area contributed by atoms with Gasteiger partial charge in [0.15, 0.2) is 0 Å². The largest absolute Gasteiger partial charge is 0.371 e. The van der Waals surface area contributed by atoms with Crippen LogP contribution in [0.15, 0.2) is 18.9 Å². The van der Waals surface area contributed by atoms with E-state index in [1.54, 1.807) is 0 Å². The van der Waals surface area contributed by atoms with Gasteiger partial charge < -0.3 is 14.2 Å². The molecule has 1 amide bonds. The number of hydrogen-bond donors (Lipinski definition) is 0. The Morgan fingerprint density at radius 3 is 2.81 bits per heavy atom. The van der Waals surface area contributed by atoms with Crippen molar-refractivity contribution in [2.24, 2.45) is 7.05 Å². The van der Waals surface area contributed by atoms with E-state index in [-0.39, 0.29) is 24.2 Å². The van der Waals surface area contributed by atoms with Gasteiger partial charge in [0.05, 0.1) is 18.2 Å². The first-order chi connectivity index (χ1) is 13.0. The van der Waals surface area contributed by atoms with Gasteiger partial charge >= 0.3 is 0 Å². The number of morpholine rings is 1. The van der Waals surface area contributed by atoms with Gasteiger partial charge in [0, 0.05) is 36.8 Å². The predicted molar refractivity (Wildman–Crippen MR) is 111 cm³/mol. The zero-order chi connectivity index (χ0) is 19.6. The molecule has 1 saturated heterocycles. The second-order valence-corrected chi connectivity index (χ2v) is 8.08. The van der Waals surface area contributed by atoms with Gasteiger partial charge in [-0.3, -0.25) is 4.79 Å². The highest BCUT2D eigenvalue weighted by molar-refractivity contribution is 5.77. The zero-order valence-corrected chi connectivity index (χ0v) is 17.3. The van der Waals surface area contributed by atoms with Crippen LogP contribution in [-0.4, -0.2) is 40.2 Å². The van der Waals surface area contributed by atoms with Crippen molar-refractivity contribution in [3.8, 4) is 0 Å². The molecule has 0 spiro atoms. The van der Waals surface area contributed by atoms with E-state index in [1.165, 1.54) is 34.5 Å². The topological polar surface area (TPSA) is 34.5 Å². The van der Waals surface area contributed by atoms with Gasteiger partial charge in [-0.2, -0.15) is 0 Å². The summed E-state index contributed by atoms with van der Waals surface area (Å²) in [5.74, 6) is 0.273. The lowest BCUT2D eigenvalue weighted by atomic mass is 9.89. The second kappa shape index (κ2) is 8.47. The van der Waals surface area contributed by atoms with Gasteiger partial charge in [-0.05, 0) is 51.2 Å². The van der Waals surface area contributed by atoms with Crippen LogP contribution in [0.25, 0.3) is 11.6 Å². The van der Waals surface area contributed by atoms with Crippen LogP contribution < -0.4 is 10.6 Å². The molecule has 2 aliphatic rings. The van der Waals surface area contributed by atoms with Crippen molar-refractivity contribution in [2.75, 3.05) is 6.54 Å². The number of ether oxygens (including phenoxy) is 1. The average Bonchev–Trinajstić information content (AvgIpc) is 2.99. The molecule has 1 saturated carbocycles. The van der Waals surface area contributed by atoms with E-state index in [2.05, 4.69) is 56.1 Å². The minimum atomic E-state index is 0.137. The Hall–Kier alpha value is -1.81. The van der Waals surface area contributed by atoms with Crippen molar-refractivity contribution in [3.63, 3.8) is 0 Å². The number of hydrogen-bond acceptors (Lipinski definition) is 2.